The van der Waals surface area contributed by atoms with Crippen LogP contribution >= 0.6 is 0 Å². The maximum atomic E-state index is 13.1. The first-order valence-corrected chi connectivity index (χ1v) is 3.85. The maximum absolute atomic E-state index is 13.1. The van der Waals surface area contributed by atoms with Crippen molar-refractivity contribution in [3.8, 4) is 0 Å². The quantitative estimate of drug-likeness (QED) is 0.642. The molecule has 0 bridgehead atoms. The van der Waals surface area contributed by atoms with Crippen LogP contribution in [0.15, 0.2) is 12.1 Å². The molecule has 0 aliphatic carbocycles. The lowest BCUT2D eigenvalue weighted by molar-refractivity contribution is 0.0692. The van der Waals surface area contributed by atoms with E-state index in [-0.39, 0.29) is 0 Å². The number of carbonyl (C=O) groups is 1. The number of aromatic carboxylic acids is 1. The van der Waals surface area contributed by atoms with Crippen molar-refractivity contribution in [2.45, 2.75) is 0 Å². The van der Waals surface area contributed by atoms with E-state index in [2.05, 4.69) is 5.32 Å². The SMILES string of the molecule is CNc1cc(F)c(C(=O)O)cc1C=N. The highest BCUT2D eigenvalue weighted by Crippen LogP contribution is 2.18. The van der Waals surface area contributed by atoms with Crippen LogP contribution < -0.4 is 5.32 Å². The molecule has 74 valence electrons. The highest BCUT2D eigenvalue weighted by atomic mass is 19.1. The summed E-state index contributed by atoms with van der Waals surface area (Å²) in [6, 6.07) is 2.18. The van der Waals surface area contributed by atoms with Gasteiger partial charge in [0.2, 0.25) is 0 Å². The van der Waals surface area contributed by atoms with E-state index in [1.165, 1.54) is 0 Å². The summed E-state index contributed by atoms with van der Waals surface area (Å²) in [7, 11) is 1.57. The molecule has 0 atom stereocenters. The number of halogens is 1. The van der Waals surface area contributed by atoms with Crippen molar-refractivity contribution >= 4 is 17.9 Å². The van der Waals surface area contributed by atoms with Crippen molar-refractivity contribution in [1.82, 2.24) is 0 Å². The Bertz CT molecular complexity index is 391. The Kier molecular flexibility index (Phi) is 2.81. The van der Waals surface area contributed by atoms with Gasteiger partial charge in [-0.2, -0.15) is 0 Å². The average Bonchev–Trinajstić information content (AvgIpc) is 2.16. The normalized spacial score (nSPS) is 9.57. The third kappa shape index (κ3) is 1.71. The Morgan fingerprint density at radius 1 is 1.64 bits per heavy atom. The van der Waals surface area contributed by atoms with Gasteiger partial charge in [-0.15, -0.1) is 0 Å². The molecule has 0 radical (unpaired) electrons. The number of anilines is 1. The summed E-state index contributed by atoms with van der Waals surface area (Å²) in [6.45, 7) is 0. The van der Waals surface area contributed by atoms with Gasteiger partial charge in [0, 0.05) is 24.5 Å². The van der Waals surface area contributed by atoms with Crippen LogP contribution in [-0.2, 0) is 0 Å². The van der Waals surface area contributed by atoms with Crippen LogP contribution in [0.1, 0.15) is 15.9 Å². The van der Waals surface area contributed by atoms with Crippen molar-refractivity contribution in [2.75, 3.05) is 12.4 Å². The van der Waals surface area contributed by atoms with Gasteiger partial charge in [0.15, 0.2) is 0 Å². The van der Waals surface area contributed by atoms with E-state index >= 15 is 0 Å². The molecular formula is C9H9FN2O2. The number of benzene rings is 1. The van der Waals surface area contributed by atoms with E-state index < -0.39 is 17.3 Å². The summed E-state index contributed by atoms with van der Waals surface area (Å²) in [5, 5.41) is 18.3. The zero-order valence-electron chi connectivity index (χ0n) is 7.47. The summed E-state index contributed by atoms with van der Waals surface area (Å²) in [4.78, 5) is 10.6. The molecule has 0 aromatic heterocycles. The molecule has 0 aliphatic rings. The maximum Gasteiger partial charge on any atom is 0.338 e. The van der Waals surface area contributed by atoms with Crippen LogP contribution in [0.2, 0.25) is 0 Å². The molecular weight excluding hydrogens is 187 g/mol. The van der Waals surface area contributed by atoms with Crippen LogP contribution in [0.4, 0.5) is 10.1 Å². The number of rotatable bonds is 3. The second kappa shape index (κ2) is 3.87. The minimum atomic E-state index is -1.34. The molecule has 1 aromatic rings. The zero-order chi connectivity index (χ0) is 10.7. The van der Waals surface area contributed by atoms with Crippen molar-refractivity contribution in [2.24, 2.45) is 0 Å². The predicted octanol–water partition coefficient (Wildman–Crippen LogP) is 1.56. The summed E-state index contributed by atoms with van der Waals surface area (Å²) in [6.07, 6.45) is 0.970. The van der Waals surface area contributed by atoms with Gasteiger partial charge in [0.05, 0.1) is 5.56 Å². The largest absolute Gasteiger partial charge is 0.478 e. The molecule has 0 heterocycles. The third-order valence-corrected chi connectivity index (χ3v) is 1.79. The number of hydrogen-bond donors (Lipinski definition) is 3. The van der Waals surface area contributed by atoms with Crippen LogP contribution in [0, 0.1) is 11.2 Å². The Morgan fingerprint density at radius 3 is 2.71 bits per heavy atom. The molecule has 5 heteroatoms. The molecule has 0 aliphatic heterocycles. The number of hydrogen-bond acceptors (Lipinski definition) is 3. The smallest absolute Gasteiger partial charge is 0.338 e. The van der Waals surface area contributed by atoms with E-state index in [4.69, 9.17) is 10.5 Å². The van der Waals surface area contributed by atoms with Crippen molar-refractivity contribution in [1.29, 1.82) is 5.41 Å². The van der Waals surface area contributed by atoms with Gasteiger partial charge in [-0.3, -0.25) is 0 Å². The second-order valence-corrected chi connectivity index (χ2v) is 2.62. The first-order chi connectivity index (χ1) is 6.60. The van der Waals surface area contributed by atoms with E-state index in [0.717, 1.165) is 18.3 Å². The van der Waals surface area contributed by atoms with Crippen LogP contribution in [0.5, 0.6) is 0 Å². The lowest BCUT2D eigenvalue weighted by atomic mass is 10.1. The van der Waals surface area contributed by atoms with Gasteiger partial charge < -0.3 is 15.8 Å². The van der Waals surface area contributed by atoms with Crippen molar-refractivity contribution in [3.05, 3.63) is 29.1 Å². The Balaban J connectivity index is 3.37. The molecule has 14 heavy (non-hydrogen) atoms. The topological polar surface area (TPSA) is 73.2 Å². The summed E-state index contributed by atoms with van der Waals surface area (Å²) >= 11 is 0. The van der Waals surface area contributed by atoms with E-state index in [9.17, 15) is 9.18 Å². The lowest BCUT2D eigenvalue weighted by Gasteiger charge is -2.06. The highest BCUT2D eigenvalue weighted by molar-refractivity contribution is 5.94. The van der Waals surface area contributed by atoms with Gasteiger partial charge in [0.25, 0.3) is 0 Å². The fourth-order valence-corrected chi connectivity index (χ4v) is 1.09. The van der Waals surface area contributed by atoms with Gasteiger partial charge in [-0.1, -0.05) is 0 Å². The summed E-state index contributed by atoms with van der Waals surface area (Å²) in [5.41, 5.74) is 0.302. The fraction of sp³-hybridized carbons (Fsp3) is 0.111. The molecule has 1 rings (SSSR count). The summed E-state index contributed by atoms with van der Waals surface area (Å²) < 4.78 is 13.1. The van der Waals surface area contributed by atoms with Crippen molar-refractivity contribution < 1.29 is 14.3 Å². The minimum absolute atomic E-state index is 0.339. The number of carboxylic acid groups (broad SMARTS) is 1. The molecule has 4 nitrogen and oxygen atoms in total. The van der Waals surface area contributed by atoms with E-state index in [1.54, 1.807) is 7.05 Å². The standard InChI is InChI=1S/C9H9FN2O2/c1-12-8-3-7(10)6(9(13)14)2-5(8)4-11/h2-4,11-12H,1H3,(H,13,14). The van der Waals surface area contributed by atoms with Crippen molar-refractivity contribution in [3.63, 3.8) is 0 Å². The van der Waals surface area contributed by atoms with Crippen LogP contribution in [0.25, 0.3) is 0 Å². The second-order valence-electron chi connectivity index (χ2n) is 2.62. The Morgan fingerprint density at radius 2 is 2.29 bits per heavy atom. The first kappa shape index (κ1) is 10.2. The van der Waals surface area contributed by atoms with Crippen LogP contribution in [-0.4, -0.2) is 24.3 Å². The Labute approximate surface area is 79.9 Å². The minimum Gasteiger partial charge on any atom is -0.478 e. The molecule has 0 saturated carbocycles. The number of nitrogens with one attached hydrogen (secondary N) is 2. The van der Waals surface area contributed by atoms with Gasteiger partial charge in [0.1, 0.15) is 5.82 Å². The zero-order valence-corrected chi connectivity index (χ0v) is 7.47. The predicted molar refractivity (Wildman–Crippen MR) is 50.8 cm³/mol. The molecule has 0 spiro atoms. The monoisotopic (exact) mass is 196 g/mol. The summed E-state index contributed by atoms with van der Waals surface area (Å²) in [5.74, 6) is -2.15. The molecule has 0 amide bonds. The van der Waals surface area contributed by atoms with E-state index in [1.807, 2.05) is 0 Å². The fourth-order valence-electron chi connectivity index (χ4n) is 1.09. The van der Waals surface area contributed by atoms with Gasteiger partial charge >= 0.3 is 5.97 Å². The first-order valence-electron chi connectivity index (χ1n) is 3.85. The number of carboxylic acids is 1. The van der Waals surface area contributed by atoms with Crippen LogP contribution in [0.3, 0.4) is 0 Å². The molecule has 0 unspecified atom stereocenters. The lowest BCUT2D eigenvalue weighted by Crippen LogP contribution is -2.04. The van der Waals surface area contributed by atoms with E-state index in [0.29, 0.717) is 11.3 Å². The molecule has 0 saturated heterocycles. The molecule has 1 aromatic carbocycles. The third-order valence-electron chi connectivity index (χ3n) is 1.79. The highest BCUT2D eigenvalue weighted by Gasteiger charge is 2.13. The van der Waals surface area contributed by atoms with Gasteiger partial charge in [-0.25, -0.2) is 9.18 Å². The Hall–Kier alpha value is -1.91. The average molecular weight is 196 g/mol. The molecule has 0 fully saturated rings. The molecule has 3 N–H and O–H groups in total. The van der Waals surface area contributed by atoms with Gasteiger partial charge in [-0.05, 0) is 12.1 Å².